The van der Waals surface area contributed by atoms with E-state index >= 15 is 0 Å². The van der Waals surface area contributed by atoms with Crippen LogP contribution < -0.4 is 26.2 Å². The van der Waals surface area contributed by atoms with Crippen molar-refractivity contribution >= 4 is 22.7 Å². The van der Waals surface area contributed by atoms with E-state index in [1.807, 2.05) is 54.6 Å². The number of pyridine rings is 1. The molecule has 2 aromatic heterocycles. The van der Waals surface area contributed by atoms with Crippen LogP contribution in [0.2, 0.25) is 0 Å². The van der Waals surface area contributed by atoms with E-state index in [4.69, 9.17) is 15.3 Å². The minimum Gasteiger partial charge on any atom is -0.497 e. The third-order valence-corrected chi connectivity index (χ3v) is 4.58. The number of hydrogen-bond acceptors (Lipinski definition) is 7. The largest absolute Gasteiger partial charge is 0.497 e. The minimum atomic E-state index is -0.353. The molecule has 0 unspecified atom stereocenters. The van der Waals surface area contributed by atoms with Gasteiger partial charge in [0, 0.05) is 18.8 Å². The lowest BCUT2D eigenvalue weighted by atomic mass is 10.2. The molecule has 0 spiro atoms. The summed E-state index contributed by atoms with van der Waals surface area (Å²) in [4.78, 5) is 26.8. The molecule has 0 amide bonds. The molecule has 2 heterocycles. The Bertz CT molecular complexity index is 1210. The Hall–Kier alpha value is -4.07. The zero-order valence-corrected chi connectivity index (χ0v) is 16.4. The Morgan fingerprint density at radius 2 is 1.83 bits per heavy atom. The quantitative estimate of drug-likeness (QED) is 0.489. The SMILES string of the molecule is COc1ccc(CNc2cc(=O)n(OCc3ccccc3)c3nc(N)ncc23)cc1. The zero-order valence-electron chi connectivity index (χ0n) is 16.4. The van der Waals surface area contributed by atoms with Gasteiger partial charge in [-0.2, -0.15) is 4.98 Å². The standard InChI is InChI=1S/C22H21N5O3/c1-29-17-9-7-15(8-10-17)12-24-19-11-20(28)27(21-18(19)13-25-22(23)26-21)30-14-16-5-3-2-4-6-16/h2-11,13,24H,12,14H2,1H3,(H2,23,25,26). The molecular formula is C22H21N5O3. The van der Waals surface area contributed by atoms with E-state index in [2.05, 4.69) is 15.3 Å². The van der Waals surface area contributed by atoms with Gasteiger partial charge in [0.15, 0.2) is 5.65 Å². The lowest BCUT2D eigenvalue weighted by molar-refractivity contribution is 0.0980. The monoisotopic (exact) mass is 403 g/mol. The van der Waals surface area contributed by atoms with Gasteiger partial charge in [-0.15, -0.1) is 4.73 Å². The zero-order chi connectivity index (χ0) is 20.9. The summed E-state index contributed by atoms with van der Waals surface area (Å²) in [5, 5.41) is 3.90. The van der Waals surface area contributed by atoms with E-state index in [9.17, 15) is 4.79 Å². The summed E-state index contributed by atoms with van der Waals surface area (Å²) in [7, 11) is 1.62. The number of rotatable bonds is 7. The van der Waals surface area contributed by atoms with Crippen molar-refractivity contribution in [1.29, 1.82) is 0 Å². The highest BCUT2D eigenvalue weighted by Crippen LogP contribution is 2.21. The summed E-state index contributed by atoms with van der Waals surface area (Å²) in [6.45, 7) is 0.732. The Morgan fingerprint density at radius 1 is 1.07 bits per heavy atom. The van der Waals surface area contributed by atoms with Crippen LogP contribution in [-0.2, 0) is 13.2 Å². The first-order valence-corrected chi connectivity index (χ1v) is 9.36. The highest BCUT2D eigenvalue weighted by molar-refractivity contribution is 5.88. The van der Waals surface area contributed by atoms with Gasteiger partial charge in [-0.1, -0.05) is 42.5 Å². The van der Waals surface area contributed by atoms with Crippen molar-refractivity contribution in [3.63, 3.8) is 0 Å². The van der Waals surface area contributed by atoms with Crippen LogP contribution in [0.15, 0.2) is 71.7 Å². The predicted octanol–water partition coefficient (Wildman–Crippen LogP) is 2.62. The third kappa shape index (κ3) is 4.17. The summed E-state index contributed by atoms with van der Waals surface area (Å²) in [6.07, 6.45) is 1.58. The van der Waals surface area contributed by atoms with Crippen molar-refractivity contribution in [1.82, 2.24) is 14.7 Å². The molecule has 4 aromatic rings. The molecule has 0 saturated heterocycles. The van der Waals surface area contributed by atoms with Crippen LogP contribution in [0.25, 0.3) is 11.0 Å². The van der Waals surface area contributed by atoms with Crippen LogP contribution in [0.4, 0.5) is 11.6 Å². The van der Waals surface area contributed by atoms with Crippen molar-refractivity contribution < 1.29 is 9.57 Å². The van der Waals surface area contributed by atoms with Gasteiger partial charge in [0.25, 0.3) is 5.56 Å². The molecule has 0 aliphatic rings. The molecule has 30 heavy (non-hydrogen) atoms. The number of aromatic nitrogens is 3. The maximum Gasteiger partial charge on any atom is 0.287 e. The highest BCUT2D eigenvalue weighted by Gasteiger charge is 2.13. The third-order valence-electron chi connectivity index (χ3n) is 4.58. The molecule has 8 nitrogen and oxygen atoms in total. The van der Waals surface area contributed by atoms with E-state index < -0.39 is 0 Å². The van der Waals surface area contributed by atoms with Gasteiger partial charge in [-0.25, -0.2) is 4.98 Å². The van der Waals surface area contributed by atoms with E-state index in [0.29, 0.717) is 23.3 Å². The average Bonchev–Trinajstić information content (AvgIpc) is 2.78. The summed E-state index contributed by atoms with van der Waals surface area (Å²) in [5.41, 5.74) is 8.29. The number of nitrogens with zero attached hydrogens (tertiary/aromatic N) is 3. The molecule has 2 aromatic carbocycles. The number of hydrogen-bond donors (Lipinski definition) is 2. The summed E-state index contributed by atoms with van der Waals surface area (Å²) in [5.74, 6) is 0.845. The van der Waals surface area contributed by atoms with Crippen molar-refractivity contribution in [2.75, 3.05) is 18.2 Å². The second kappa shape index (κ2) is 8.52. The molecule has 4 rings (SSSR count). The number of nitrogen functional groups attached to an aromatic ring is 1. The Kier molecular flexibility index (Phi) is 5.47. The highest BCUT2D eigenvalue weighted by atomic mass is 16.7. The fourth-order valence-corrected chi connectivity index (χ4v) is 3.02. The summed E-state index contributed by atoms with van der Waals surface area (Å²) in [6, 6.07) is 18.7. The first-order valence-electron chi connectivity index (χ1n) is 9.36. The van der Waals surface area contributed by atoms with Gasteiger partial charge in [-0.3, -0.25) is 4.79 Å². The predicted molar refractivity (Wildman–Crippen MR) is 115 cm³/mol. The molecule has 0 saturated carbocycles. The maximum absolute atomic E-state index is 12.8. The van der Waals surface area contributed by atoms with Crippen molar-refractivity contribution in [3.8, 4) is 5.75 Å². The Labute approximate surface area is 172 Å². The van der Waals surface area contributed by atoms with E-state index in [1.165, 1.54) is 6.07 Å². The number of nitrogens with two attached hydrogens (primary N) is 1. The maximum atomic E-state index is 12.8. The topological polar surface area (TPSA) is 104 Å². The van der Waals surface area contributed by atoms with Crippen LogP contribution in [0.1, 0.15) is 11.1 Å². The Balaban J connectivity index is 1.63. The first-order chi connectivity index (χ1) is 14.6. The Morgan fingerprint density at radius 3 is 2.57 bits per heavy atom. The number of ether oxygens (including phenoxy) is 1. The molecule has 3 N–H and O–H groups in total. The van der Waals surface area contributed by atoms with Crippen LogP contribution in [0.5, 0.6) is 5.75 Å². The molecule has 8 heteroatoms. The average molecular weight is 403 g/mol. The molecule has 0 fully saturated rings. The number of benzene rings is 2. The molecule has 0 radical (unpaired) electrons. The smallest absolute Gasteiger partial charge is 0.287 e. The molecule has 0 aliphatic carbocycles. The van der Waals surface area contributed by atoms with Gasteiger partial charge >= 0.3 is 0 Å². The van der Waals surface area contributed by atoms with E-state index in [-0.39, 0.29) is 18.1 Å². The van der Waals surface area contributed by atoms with Crippen LogP contribution in [0.3, 0.4) is 0 Å². The molecule has 152 valence electrons. The van der Waals surface area contributed by atoms with Gasteiger partial charge in [0.1, 0.15) is 12.4 Å². The minimum absolute atomic E-state index is 0.0614. The van der Waals surface area contributed by atoms with E-state index in [0.717, 1.165) is 21.6 Å². The van der Waals surface area contributed by atoms with Gasteiger partial charge in [0.2, 0.25) is 5.95 Å². The second-order valence-corrected chi connectivity index (χ2v) is 6.62. The molecule has 0 atom stereocenters. The van der Waals surface area contributed by atoms with Crippen molar-refractivity contribution in [3.05, 3.63) is 88.3 Å². The van der Waals surface area contributed by atoms with Crippen LogP contribution >= 0.6 is 0 Å². The van der Waals surface area contributed by atoms with Gasteiger partial charge in [0.05, 0.1) is 18.2 Å². The fraction of sp³-hybridized carbons (Fsp3) is 0.136. The fourth-order valence-electron chi connectivity index (χ4n) is 3.02. The number of methoxy groups -OCH3 is 1. The normalized spacial score (nSPS) is 10.7. The number of anilines is 2. The summed E-state index contributed by atoms with van der Waals surface area (Å²) >= 11 is 0. The van der Waals surface area contributed by atoms with Crippen LogP contribution in [-0.4, -0.2) is 21.8 Å². The van der Waals surface area contributed by atoms with E-state index in [1.54, 1.807) is 13.3 Å². The van der Waals surface area contributed by atoms with Gasteiger partial charge in [-0.05, 0) is 23.3 Å². The summed E-state index contributed by atoms with van der Waals surface area (Å²) < 4.78 is 6.33. The van der Waals surface area contributed by atoms with Crippen LogP contribution in [0, 0.1) is 0 Å². The molecule has 0 bridgehead atoms. The van der Waals surface area contributed by atoms with Gasteiger partial charge < -0.3 is 20.6 Å². The first kappa shape index (κ1) is 19.3. The number of fused-ring (bicyclic) bond motifs is 1. The lowest BCUT2D eigenvalue weighted by Gasteiger charge is -2.15. The molecule has 0 aliphatic heterocycles. The lowest BCUT2D eigenvalue weighted by Crippen LogP contribution is -2.28. The van der Waals surface area contributed by atoms with Crippen molar-refractivity contribution in [2.45, 2.75) is 13.2 Å². The molecular weight excluding hydrogens is 382 g/mol. The van der Waals surface area contributed by atoms with Crippen molar-refractivity contribution in [2.24, 2.45) is 0 Å². The second-order valence-electron chi connectivity index (χ2n) is 6.62. The number of nitrogens with one attached hydrogen (secondary N) is 1.